The van der Waals surface area contributed by atoms with E-state index in [9.17, 15) is 4.79 Å². The molecule has 1 amide bonds. The van der Waals surface area contributed by atoms with Crippen LogP contribution in [0.3, 0.4) is 0 Å². The van der Waals surface area contributed by atoms with Crippen LogP contribution in [0, 0.1) is 6.92 Å². The summed E-state index contributed by atoms with van der Waals surface area (Å²) in [5, 5.41) is 15.6. The molecule has 2 aromatic rings. The first-order valence-corrected chi connectivity index (χ1v) is 6.25. The van der Waals surface area contributed by atoms with E-state index >= 15 is 0 Å². The number of nitrogens with one attached hydrogen (secondary N) is 1. The van der Waals surface area contributed by atoms with Gasteiger partial charge in [-0.1, -0.05) is 41.6 Å². The molecule has 0 saturated carbocycles. The first-order chi connectivity index (χ1) is 10.2. The van der Waals surface area contributed by atoms with E-state index in [0.717, 1.165) is 11.9 Å². The normalized spacial score (nSPS) is 11.6. The summed E-state index contributed by atoms with van der Waals surface area (Å²) in [5.74, 6) is -0.432. The molecular formula is C15H14N4O2. The van der Waals surface area contributed by atoms with Crippen LogP contribution in [0.5, 0.6) is 0 Å². The molecule has 0 atom stereocenters. The van der Waals surface area contributed by atoms with Crippen molar-refractivity contribution in [2.45, 2.75) is 6.92 Å². The summed E-state index contributed by atoms with van der Waals surface area (Å²) in [7, 11) is 0. The molecule has 1 aromatic heterocycles. The van der Waals surface area contributed by atoms with Crippen molar-refractivity contribution >= 4 is 17.8 Å². The van der Waals surface area contributed by atoms with E-state index in [1.54, 1.807) is 37.3 Å². The highest BCUT2D eigenvalue weighted by Gasteiger charge is 2.07. The fourth-order valence-corrected chi connectivity index (χ4v) is 1.67. The molecule has 0 aliphatic heterocycles. The van der Waals surface area contributed by atoms with Gasteiger partial charge in [0.2, 0.25) is 0 Å². The maximum Gasteiger partial charge on any atom is 0.289 e. The summed E-state index contributed by atoms with van der Waals surface area (Å²) in [6.45, 7) is 1.80. The molecule has 1 aromatic carbocycles. The van der Waals surface area contributed by atoms with Crippen molar-refractivity contribution < 1.29 is 10.0 Å². The number of pyridine rings is 1. The Labute approximate surface area is 121 Å². The van der Waals surface area contributed by atoms with Crippen molar-refractivity contribution in [2.24, 2.45) is 10.3 Å². The molecule has 2 N–H and O–H groups in total. The van der Waals surface area contributed by atoms with E-state index < -0.39 is 5.91 Å². The third-order valence-corrected chi connectivity index (χ3v) is 2.65. The van der Waals surface area contributed by atoms with Crippen molar-refractivity contribution in [1.29, 1.82) is 0 Å². The van der Waals surface area contributed by atoms with E-state index in [4.69, 9.17) is 5.21 Å². The Hall–Kier alpha value is -3.02. The molecule has 6 nitrogen and oxygen atoms in total. The van der Waals surface area contributed by atoms with Crippen LogP contribution in [0.25, 0.3) is 0 Å². The van der Waals surface area contributed by atoms with Crippen LogP contribution < -0.4 is 5.43 Å². The van der Waals surface area contributed by atoms with Gasteiger partial charge in [-0.2, -0.15) is 5.10 Å². The molecule has 6 heteroatoms. The molecule has 0 aliphatic rings. The largest absolute Gasteiger partial charge is 0.411 e. The SMILES string of the molecule is Cc1cccc(C(=O)NN=C(C=NO)c2ccccc2)n1. The summed E-state index contributed by atoms with van der Waals surface area (Å²) in [5.41, 5.74) is 4.45. The molecule has 0 aliphatic carbocycles. The first kappa shape index (κ1) is 14.4. The van der Waals surface area contributed by atoms with Crippen LogP contribution >= 0.6 is 0 Å². The summed E-state index contributed by atoms with van der Waals surface area (Å²) in [4.78, 5) is 16.1. The molecule has 21 heavy (non-hydrogen) atoms. The van der Waals surface area contributed by atoms with Crippen LogP contribution in [0.2, 0.25) is 0 Å². The van der Waals surface area contributed by atoms with Crippen molar-refractivity contribution in [2.75, 3.05) is 0 Å². The van der Waals surface area contributed by atoms with Gasteiger partial charge in [0.25, 0.3) is 5.91 Å². The second kappa shape index (κ2) is 6.95. The minimum atomic E-state index is -0.432. The average molecular weight is 282 g/mol. The quantitative estimate of drug-likeness (QED) is 0.510. The van der Waals surface area contributed by atoms with Gasteiger partial charge in [0.05, 0.1) is 6.21 Å². The minimum Gasteiger partial charge on any atom is -0.411 e. The Morgan fingerprint density at radius 3 is 2.62 bits per heavy atom. The van der Waals surface area contributed by atoms with Crippen LogP contribution in [0.1, 0.15) is 21.7 Å². The van der Waals surface area contributed by atoms with Gasteiger partial charge in [-0.25, -0.2) is 10.4 Å². The van der Waals surface area contributed by atoms with Crippen LogP contribution in [0.4, 0.5) is 0 Å². The number of hydrogen-bond acceptors (Lipinski definition) is 5. The third-order valence-electron chi connectivity index (χ3n) is 2.65. The molecule has 0 spiro atoms. The van der Waals surface area contributed by atoms with E-state index in [1.165, 1.54) is 0 Å². The number of carbonyl (C=O) groups excluding carboxylic acids is 1. The lowest BCUT2D eigenvalue weighted by Crippen LogP contribution is -2.21. The second-order valence-electron chi connectivity index (χ2n) is 4.21. The summed E-state index contributed by atoms with van der Waals surface area (Å²) < 4.78 is 0. The topological polar surface area (TPSA) is 86.9 Å². The minimum absolute atomic E-state index is 0.270. The smallest absolute Gasteiger partial charge is 0.289 e. The highest BCUT2D eigenvalue weighted by molar-refractivity contribution is 6.38. The fraction of sp³-hybridized carbons (Fsp3) is 0.0667. The monoisotopic (exact) mass is 282 g/mol. The molecule has 0 bridgehead atoms. The zero-order valence-electron chi connectivity index (χ0n) is 11.4. The van der Waals surface area contributed by atoms with E-state index in [-0.39, 0.29) is 5.69 Å². The Morgan fingerprint density at radius 1 is 1.19 bits per heavy atom. The Balaban J connectivity index is 2.19. The van der Waals surface area contributed by atoms with Gasteiger partial charge >= 0.3 is 0 Å². The van der Waals surface area contributed by atoms with Gasteiger partial charge in [0.1, 0.15) is 11.4 Å². The number of amides is 1. The Bertz CT molecular complexity index is 681. The third kappa shape index (κ3) is 3.97. The molecule has 0 unspecified atom stereocenters. The van der Waals surface area contributed by atoms with Crippen LogP contribution in [-0.4, -0.2) is 28.0 Å². The number of carbonyl (C=O) groups is 1. The second-order valence-corrected chi connectivity index (χ2v) is 4.21. The van der Waals surface area contributed by atoms with Crippen molar-refractivity contribution in [3.63, 3.8) is 0 Å². The van der Waals surface area contributed by atoms with Gasteiger partial charge < -0.3 is 5.21 Å². The van der Waals surface area contributed by atoms with Gasteiger partial charge in [0.15, 0.2) is 0 Å². The number of oxime groups is 1. The first-order valence-electron chi connectivity index (χ1n) is 6.25. The lowest BCUT2D eigenvalue weighted by Gasteiger charge is -2.03. The number of benzene rings is 1. The zero-order chi connectivity index (χ0) is 15.1. The van der Waals surface area contributed by atoms with E-state index in [0.29, 0.717) is 11.3 Å². The lowest BCUT2D eigenvalue weighted by atomic mass is 10.1. The zero-order valence-corrected chi connectivity index (χ0v) is 11.4. The molecule has 1 heterocycles. The predicted molar refractivity (Wildman–Crippen MR) is 79.7 cm³/mol. The Morgan fingerprint density at radius 2 is 1.95 bits per heavy atom. The molecular weight excluding hydrogens is 268 g/mol. The Kier molecular flexibility index (Phi) is 4.76. The van der Waals surface area contributed by atoms with Gasteiger partial charge in [-0.05, 0) is 19.1 Å². The maximum absolute atomic E-state index is 11.9. The van der Waals surface area contributed by atoms with E-state index in [1.807, 2.05) is 18.2 Å². The number of aromatic nitrogens is 1. The lowest BCUT2D eigenvalue weighted by molar-refractivity contribution is 0.0950. The van der Waals surface area contributed by atoms with Crippen molar-refractivity contribution in [1.82, 2.24) is 10.4 Å². The number of hydrogen-bond donors (Lipinski definition) is 2. The fourth-order valence-electron chi connectivity index (χ4n) is 1.67. The summed E-state index contributed by atoms with van der Waals surface area (Å²) in [6.07, 6.45) is 1.15. The summed E-state index contributed by atoms with van der Waals surface area (Å²) in [6, 6.07) is 14.2. The highest BCUT2D eigenvalue weighted by atomic mass is 16.4. The van der Waals surface area contributed by atoms with Crippen LogP contribution in [-0.2, 0) is 0 Å². The highest BCUT2D eigenvalue weighted by Crippen LogP contribution is 2.01. The summed E-state index contributed by atoms with van der Waals surface area (Å²) >= 11 is 0. The predicted octanol–water partition coefficient (Wildman–Crippen LogP) is 1.98. The van der Waals surface area contributed by atoms with E-state index in [2.05, 4.69) is 20.7 Å². The van der Waals surface area contributed by atoms with Gasteiger partial charge in [-0.15, -0.1) is 0 Å². The maximum atomic E-state index is 11.9. The molecule has 106 valence electrons. The number of aryl methyl sites for hydroxylation is 1. The van der Waals surface area contributed by atoms with Gasteiger partial charge in [0, 0.05) is 11.3 Å². The molecule has 0 radical (unpaired) electrons. The van der Waals surface area contributed by atoms with Crippen LogP contribution in [0.15, 0.2) is 58.8 Å². The number of hydrazone groups is 1. The average Bonchev–Trinajstić information content (AvgIpc) is 2.52. The number of rotatable bonds is 4. The standard InChI is InChI=1S/C15H14N4O2/c1-11-6-5-9-13(17-11)15(20)19-18-14(10-16-21)12-7-3-2-4-8-12/h2-10,21H,1H3,(H,19,20). The van der Waals surface area contributed by atoms with Gasteiger partial charge in [-0.3, -0.25) is 4.79 Å². The molecule has 2 rings (SSSR count). The molecule has 0 saturated heterocycles. The molecule has 0 fully saturated rings. The van der Waals surface area contributed by atoms with Crippen molar-refractivity contribution in [3.8, 4) is 0 Å². The van der Waals surface area contributed by atoms with Crippen molar-refractivity contribution in [3.05, 3.63) is 65.5 Å². The number of nitrogens with zero attached hydrogens (tertiary/aromatic N) is 3.